The number of rotatable bonds is 1. The van der Waals surface area contributed by atoms with Crippen LogP contribution in [0.15, 0.2) is 18.5 Å². The van der Waals surface area contributed by atoms with Gasteiger partial charge >= 0.3 is 0 Å². The van der Waals surface area contributed by atoms with E-state index < -0.39 is 6.30 Å². The lowest BCUT2D eigenvalue weighted by Gasteiger charge is -2.29. The molecule has 2 heterocycles. The molecule has 0 bridgehead atoms. The van der Waals surface area contributed by atoms with E-state index in [4.69, 9.17) is 0 Å². The minimum Gasteiger partial charge on any atom is -0.335 e. The Morgan fingerprint density at radius 1 is 1.46 bits per heavy atom. The van der Waals surface area contributed by atoms with Gasteiger partial charge in [-0.3, -0.25) is 5.32 Å². The number of piperazine rings is 1. The molecule has 5 heteroatoms. The summed E-state index contributed by atoms with van der Waals surface area (Å²) in [7, 11) is 0. The molecule has 4 nitrogen and oxygen atoms in total. The quantitative estimate of drug-likeness (QED) is 0.629. The second-order valence-corrected chi connectivity index (χ2v) is 2.92. The third-order valence-electron chi connectivity index (χ3n) is 1.96. The van der Waals surface area contributed by atoms with Crippen molar-refractivity contribution in [2.75, 3.05) is 24.5 Å². The molecule has 1 aromatic heterocycles. The van der Waals surface area contributed by atoms with Gasteiger partial charge in [0.25, 0.3) is 0 Å². The van der Waals surface area contributed by atoms with Gasteiger partial charge in [0.1, 0.15) is 0 Å². The number of nitrogens with zero attached hydrogens (tertiary/aromatic N) is 3. The highest BCUT2D eigenvalue weighted by atomic mass is 19.1. The first kappa shape index (κ1) is 8.37. The monoisotopic (exact) mass is 182 g/mol. The van der Waals surface area contributed by atoms with E-state index >= 15 is 0 Å². The molecule has 1 N–H and O–H groups in total. The summed E-state index contributed by atoms with van der Waals surface area (Å²) >= 11 is 0. The molecule has 0 saturated carbocycles. The lowest BCUT2D eigenvalue weighted by atomic mass is 10.4. The number of anilines is 1. The smallest absolute Gasteiger partial charge is 0.225 e. The lowest BCUT2D eigenvalue weighted by Crippen LogP contribution is -2.49. The number of hydrogen-bond acceptors (Lipinski definition) is 4. The molecule has 0 radical (unpaired) electrons. The average Bonchev–Trinajstić information content (AvgIpc) is 2.19. The third kappa shape index (κ3) is 1.92. The van der Waals surface area contributed by atoms with Gasteiger partial charge in [0.2, 0.25) is 5.95 Å². The van der Waals surface area contributed by atoms with Crippen molar-refractivity contribution in [3.63, 3.8) is 0 Å². The van der Waals surface area contributed by atoms with Crippen LogP contribution in [-0.2, 0) is 0 Å². The molecule has 1 fully saturated rings. The number of nitrogens with one attached hydrogen (secondary N) is 1. The Morgan fingerprint density at radius 2 is 2.23 bits per heavy atom. The highest BCUT2D eigenvalue weighted by Gasteiger charge is 2.19. The fraction of sp³-hybridized carbons (Fsp3) is 0.500. The Morgan fingerprint density at radius 3 is 2.92 bits per heavy atom. The largest absolute Gasteiger partial charge is 0.335 e. The van der Waals surface area contributed by atoms with Crippen LogP contribution in [0.25, 0.3) is 0 Å². The van der Waals surface area contributed by atoms with Gasteiger partial charge in [-0.05, 0) is 6.07 Å². The van der Waals surface area contributed by atoms with Crippen LogP contribution in [0, 0.1) is 0 Å². The van der Waals surface area contributed by atoms with Crippen LogP contribution in [0.4, 0.5) is 10.3 Å². The molecular formula is C8H11FN4. The molecule has 13 heavy (non-hydrogen) atoms. The van der Waals surface area contributed by atoms with Crippen LogP contribution in [0.3, 0.4) is 0 Å². The summed E-state index contributed by atoms with van der Waals surface area (Å²) in [6, 6.07) is 1.75. The van der Waals surface area contributed by atoms with Crippen molar-refractivity contribution in [2.24, 2.45) is 0 Å². The van der Waals surface area contributed by atoms with Crippen LogP contribution < -0.4 is 10.2 Å². The van der Waals surface area contributed by atoms with E-state index in [0.29, 0.717) is 19.0 Å². The topological polar surface area (TPSA) is 41.1 Å². The van der Waals surface area contributed by atoms with Gasteiger partial charge in [-0.1, -0.05) is 0 Å². The van der Waals surface area contributed by atoms with E-state index in [9.17, 15) is 4.39 Å². The summed E-state index contributed by atoms with van der Waals surface area (Å²) in [5.74, 6) is 0.603. The molecule has 1 atom stereocenters. The van der Waals surface area contributed by atoms with Crippen LogP contribution >= 0.6 is 0 Å². The summed E-state index contributed by atoms with van der Waals surface area (Å²) in [5, 5.41) is 2.72. The van der Waals surface area contributed by atoms with Crippen molar-refractivity contribution < 1.29 is 4.39 Å². The first-order valence-corrected chi connectivity index (χ1v) is 4.26. The van der Waals surface area contributed by atoms with Crippen molar-refractivity contribution in [1.82, 2.24) is 15.3 Å². The van der Waals surface area contributed by atoms with E-state index in [1.165, 1.54) is 0 Å². The van der Waals surface area contributed by atoms with Gasteiger partial charge in [-0.25, -0.2) is 14.4 Å². The minimum absolute atomic E-state index is 0.323. The fourth-order valence-corrected chi connectivity index (χ4v) is 1.34. The zero-order chi connectivity index (χ0) is 9.10. The SMILES string of the molecule is FC1CN(c2ncccn2)CCN1. The molecular weight excluding hydrogens is 171 g/mol. The molecule has 70 valence electrons. The first-order chi connectivity index (χ1) is 6.36. The zero-order valence-corrected chi connectivity index (χ0v) is 7.15. The summed E-state index contributed by atoms with van der Waals surface area (Å²) in [5.41, 5.74) is 0. The van der Waals surface area contributed by atoms with Gasteiger partial charge in [0.15, 0.2) is 6.30 Å². The summed E-state index contributed by atoms with van der Waals surface area (Å²) in [4.78, 5) is 9.95. The Kier molecular flexibility index (Phi) is 2.35. The second-order valence-electron chi connectivity index (χ2n) is 2.92. The normalized spacial score (nSPS) is 23.2. The molecule has 1 aliphatic rings. The fourth-order valence-electron chi connectivity index (χ4n) is 1.34. The number of aromatic nitrogens is 2. The maximum Gasteiger partial charge on any atom is 0.225 e. The van der Waals surface area contributed by atoms with Crippen LogP contribution in [0.1, 0.15) is 0 Å². The van der Waals surface area contributed by atoms with E-state index in [1.54, 1.807) is 18.5 Å². The maximum atomic E-state index is 12.9. The molecule has 1 saturated heterocycles. The van der Waals surface area contributed by atoms with Gasteiger partial charge in [-0.15, -0.1) is 0 Å². The molecule has 1 aliphatic heterocycles. The number of halogens is 1. The molecule has 1 aromatic rings. The van der Waals surface area contributed by atoms with E-state index in [2.05, 4.69) is 15.3 Å². The van der Waals surface area contributed by atoms with Crippen molar-refractivity contribution in [3.8, 4) is 0 Å². The highest BCUT2D eigenvalue weighted by Crippen LogP contribution is 2.08. The Bertz CT molecular complexity index is 266. The minimum atomic E-state index is -0.974. The Labute approximate surface area is 75.8 Å². The Hall–Kier alpha value is -1.23. The third-order valence-corrected chi connectivity index (χ3v) is 1.96. The predicted octanol–water partition coefficient (Wildman–Crippen LogP) is 0.182. The summed E-state index contributed by atoms with van der Waals surface area (Å²) < 4.78 is 12.9. The molecule has 2 rings (SSSR count). The van der Waals surface area contributed by atoms with Crippen LogP contribution in [0.2, 0.25) is 0 Å². The van der Waals surface area contributed by atoms with Gasteiger partial charge in [0.05, 0.1) is 6.54 Å². The molecule has 0 aliphatic carbocycles. The van der Waals surface area contributed by atoms with Crippen LogP contribution in [0.5, 0.6) is 0 Å². The molecule has 0 spiro atoms. The van der Waals surface area contributed by atoms with Gasteiger partial charge in [-0.2, -0.15) is 0 Å². The van der Waals surface area contributed by atoms with E-state index in [0.717, 1.165) is 6.54 Å². The number of alkyl halides is 1. The number of hydrogen-bond donors (Lipinski definition) is 1. The maximum absolute atomic E-state index is 12.9. The predicted molar refractivity (Wildman–Crippen MR) is 47.1 cm³/mol. The Balaban J connectivity index is 2.08. The van der Waals surface area contributed by atoms with Crippen molar-refractivity contribution >= 4 is 5.95 Å². The molecule has 1 unspecified atom stereocenters. The molecule has 0 amide bonds. The lowest BCUT2D eigenvalue weighted by molar-refractivity contribution is 0.255. The van der Waals surface area contributed by atoms with Crippen molar-refractivity contribution in [3.05, 3.63) is 18.5 Å². The molecule has 0 aromatic carbocycles. The highest BCUT2D eigenvalue weighted by molar-refractivity contribution is 5.29. The van der Waals surface area contributed by atoms with E-state index in [1.807, 2.05) is 4.90 Å². The van der Waals surface area contributed by atoms with Gasteiger partial charge in [0, 0.05) is 25.5 Å². The van der Waals surface area contributed by atoms with Crippen LogP contribution in [-0.4, -0.2) is 35.9 Å². The van der Waals surface area contributed by atoms with Crippen molar-refractivity contribution in [1.29, 1.82) is 0 Å². The van der Waals surface area contributed by atoms with E-state index in [-0.39, 0.29) is 0 Å². The average molecular weight is 182 g/mol. The van der Waals surface area contributed by atoms with Crippen molar-refractivity contribution in [2.45, 2.75) is 6.30 Å². The first-order valence-electron chi connectivity index (χ1n) is 4.26. The zero-order valence-electron chi connectivity index (χ0n) is 7.15. The standard InChI is InChI=1S/C8H11FN4/c9-7-6-13(5-4-10-7)8-11-2-1-3-12-8/h1-3,7,10H,4-6H2. The summed E-state index contributed by atoms with van der Waals surface area (Å²) in [6.45, 7) is 1.72. The second kappa shape index (κ2) is 3.66. The summed E-state index contributed by atoms with van der Waals surface area (Å²) in [6.07, 6.45) is 2.35. The van der Waals surface area contributed by atoms with Gasteiger partial charge < -0.3 is 4.90 Å².